The number of carbonyl (C=O) groups excluding carboxylic acids is 1. The van der Waals surface area contributed by atoms with Gasteiger partial charge in [-0.2, -0.15) is 5.10 Å². The second-order valence-electron chi connectivity index (χ2n) is 9.43. The molecule has 1 saturated heterocycles. The van der Waals surface area contributed by atoms with Crippen LogP contribution in [-0.4, -0.2) is 49.9 Å². The van der Waals surface area contributed by atoms with E-state index in [0.717, 1.165) is 43.7 Å². The second kappa shape index (κ2) is 9.27. The van der Waals surface area contributed by atoms with Gasteiger partial charge in [0.1, 0.15) is 12.4 Å². The van der Waals surface area contributed by atoms with Crippen LogP contribution in [0.1, 0.15) is 48.9 Å². The fourth-order valence-electron chi connectivity index (χ4n) is 5.12. The van der Waals surface area contributed by atoms with Gasteiger partial charge in [-0.1, -0.05) is 30.3 Å². The summed E-state index contributed by atoms with van der Waals surface area (Å²) in [5.41, 5.74) is 7.68. The predicted octanol–water partition coefficient (Wildman–Crippen LogP) is 2.12. The number of amides is 1. The molecule has 1 aromatic carbocycles. The molecule has 1 unspecified atom stereocenters. The van der Waals surface area contributed by atoms with Crippen LogP contribution in [0.25, 0.3) is 0 Å². The molecule has 0 radical (unpaired) electrons. The van der Waals surface area contributed by atoms with Crippen LogP contribution in [0.15, 0.2) is 30.3 Å². The number of hydrogen-bond donors (Lipinski definition) is 2. The van der Waals surface area contributed by atoms with Crippen LogP contribution >= 0.6 is 12.4 Å². The third-order valence-corrected chi connectivity index (χ3v) is 6.91. The zero-order valence-corrected chi connectivity index (χ0v) is 18.6. The lowest BCUT2D eigenvalue weighted by atomic mass is 10.0. The lowest BCUT2D eigenvalue weighted by Gasteiger charge is -2.19. The van der Waals surface area contributed by atoms with Crippen molar-refractivity contribution in [3.63, 3.8) is 0 Å². The Kier molecular flexibility index (Phi) is 6.65. The fraction of sp³-hybridized carbons (Fsp3) is 0.609. The first kappa shape index (κ1) is 22.2. The number of benzene rings is 1. The van der Waals surface area contributed by atoms with Gasteiger partial charge in [-0.05, 0) is 55.4 Å². The van der Waals surface area contributed by atoms with Crippen LogP contribution in [0.4, 0.5) is 0 Å². The number of aromatic nitrogens is 3. The monoisotopic (exact) mass is 445 g/mol. The molecule has 1 aliphatic heterocycles. The summed E-state index contributed by atoms with van der Waals surface area (Å²) < 4.78 is 1.75. The maximum atomic E-state index is 13.0. The Labute approximate surface area is 189 Å². The summed E-state index contributed by atoms with van der Waals surface area (Å²) in [6.07, 6.45) is 5.45. The van der Waals surface area contributed by atoms with Crippen LogP contribution in [0, 0.1) is 17.8 Å². The minimum Gasteiger partial charge on any atom is -0.393 e. The SMILES string of the molecule is Cl.N[C@H](Cc1ccccc1)c1nc(CC2CC2)nn1CC(=O)N1C[C@H]2CC(O)C[C@H]2C1. The van der Waals surface area contributed by atoms with Crippen molar-refractivity contribution < 1.29 is 9.90 Å². The minimum atomic E-state index is -0.297. The predicted molar refractivity (Wildman–Crippen MR) is 120 cm³/mol. The first-order valence-electron chi connectivity index (χ1n) is 11.2. The van der Waals surface area contributed by atoms with E-state index in [1.807, 2.05) is 23.1 Å². The summed E-state index contributed by atoms with van der Waals surface area (Å²) in [5, 5.41) is 14.5. The van der Waals surface area contributed by atoms with Gasteiger partial charge in [-0.3, -0.25) is 4.79 Å². The van der Waals surface area contributed by atoms with Crippen LogP contribution < -0.4 is 5.73 Å². The van der Waals surface area contributed by atoms with Gasteiger partial charge in [0.15, 0.2) is 5.82 Å². The molecule has 5 rings (SSSR count). The number of likely N-dealkylation sites (tertiary alicyclic amines) is 1. The molecule has 8 heteroatoms. The summed E-state index contributed by atoms with van der Waals surface area (Å²) in [7, 11) is 0. The number of aliphatic hydroxyl groups is 1. The first-order chi connectivity index (χ1) is 14.5. The van der Waals surface area contributed by atoms with Crippen LogP contribution in [0.2, 0.25) is 0 Å². The Balaban J connectivity index is 0.00000231. The number of halogens is 1. The summed E-state index contributed by atoms with van der Waals surface area (Å²) in [5.74, 6) is 3.15. The van der Waals surface area contributed by atoms with Crippen molar-refractivity contribution in [2.75, 3.05) is 13.1 Å². The van der Waals surface area contributed by atoms with E-state index in [1.165, 1.54) is 12.8 Å². The third kappa shape index (κ3) is 5.10. The molecule has 1 amide bonds. The molecule has 3 fully saturated rings. The number of nitrogens with two attached hydrogens (primary N) is 1. The van der Waals surface area contributed by atoms with Crippen molar-refractivity contribution in [1.29, 1.82) is 0 Å². The fourth-order valence-corrected chi connectivity index (χ4v) is 5.12. The number of hydrogen-bond acceptors (Lipinski definition) is 5. The van der Waals surface area contributed by atoms with Gasteiger partial charge in [0.25, 0.3) is 0 Å². The smallest absolute Gasteiger partial charge is 0.244 e. The highest BCUT2D eigenvalue weighted by atomic mass is 35.5. The molecule has 2 heterocycles. The van der Waals surface area contributed by atoms with E-state index in [0.29, 0.717) is 30.0 Å². The zero-order valence-electron chi connectivity index (χ0n) is 17.8. The highest BCUT2D eigenvalue weighted by Crippen LogP contribution is 2.38. The number of fused-ring (bicyclic) bond motifs is 1. The molecule has 31 heavy (non-hydrogen) atoms. The molecule has 7 nitrogen and oxygen atoms in total. The molecule has 168 valence electrons. The molecular weight excluding hydrogens is 414 g/mol. The lowest BCUT2D eigenvalue weighted by molar-refractivity contribution is -0.131. The summed E-state index contributed by atoms with van der Waals surface area (Å²) >= 11 is 0. The van der Waals surface area contributed by atoms with E-state index >= 15 is 0 Å². The molecule has 1 aromatic heterocycles. The van der Waals surface area contributed by atoms with Gasteiger partial charge >= 0.3 is 0 Å². The summed E-state index contributed by atoms with van der Waals surface area (Å²) in [6, 6.07) is 9.84. The Morgan fingerprint density at radius 2 is 1.84 bits per heavy atom. The highest BCUT2D eigenvalue weighted by molar-refractivity contribution is 5.85. The quantitative estimate of drug-likeness (QED) is 0.680. The van der Waals surface area contributed by atoms with Gasteiger partial charge in [-0.15, -0.1) is 12.4 Å². The summed E-state index contributed by atoms with van der Waals surface area (Å²) in [6.45, 7) is 1.68. The molecule has 0 bridgehead atoms. The van der Waals surface area contributed by atoms with Crippen molar-refractivity contribution in [3.8, 4) is 0 Å². The van der Waals surface area contributed by atoms with Gasteiger partial charge in [-0.25, -0.2) is 9.67 Å². The molecule has 4 atom stereocenters. The molecule has 2 saturated carbocycles. The third-order valence-electron chi connectivity index (χ3n) is 6.91. The first-order valence-corrected chi connectivity index (χ1v) is 11.2. The second-order valence-corrected chi connectivity index (χ2v) is 9.43. The van der Waals surface area contributed by atoms with Gasteiger partial charge in [0.2, 0.25) is 5.91 Å². The average Bonchev–Trinajstić information content (AvgIpc) is 3.14. The maximum absolute atomic E-state index is 13.0. The van der Waals surface area contributed by atoms with E-state index in [1.54, 1.807) is 4.68 Å². The van der Waals surface area contributed by atoms with E-state index in [4.69, 9.17) is 10.7 Å². The largest absolute Gasteiger partial charge is 0.393 e. The van der Waals surface area contributed by atoms with E-state index in [2.05, 4.69) is 17.2 Å². The van der Waals surface area contributed by atoms with Crippen molar-refractivity contribution in [1.82, 2.24) is 19.7 Å². The van der Waals surface area contributed by atoms with Crippen molar-refractivity contribution in [3.05, 3.63) is 47.5 Å². The van der Waals surface area contributed by atoms with Gasteiger partial charge < -0.3 is 15.7 Å². The highest BCUT2D eigenvalue weighted by Gasteiger charge is 2.41. The van der Waals surface area contributed by atoms with Crippen molar-refractivity contribution in [2.45, 2.75) is 57.2 Å². The Morgan fingerprint density at radius 3 is 2.48 bits per heavy atom. The lowest BCUT2D eigenvalue weighted by Crippen LogP contribution is -2.34. The van der Waals surface area contributed by atoms with Crippen LogP contribution in [0.5, 0.6) is 0 Å². The van der Waals surface area contributed by atoms with Gasteiger partial charge in [0.05, 0.1) is 12.1 Å². The van der Waals surface area contributed by atoms with E-state index < -0.39 is 0 Å². The standard InChI is InChI=1S/C23H31N5O2.ClH/c24-20(8-15-4-2-1-3-5-15)23-25-21(9-16-6-7-16)26-28(23)14-22(30)27-12-17-10-19(29)11-18(17)13-27;/h1-5,16-20,29H,6-14,24H2;1H/t17-,18+,19?,20-;/m1./s1. The maximum Gasteiger partial charge on any atom is 0.244 e. The molecule has 0 spiro atoms. The topological polar surface area (TPSA) is 97.3 Å². The number of nitrogens with zero attached hydrogens (tertiary/aromatic N) is 4. The zero-order chi connectivity index (χ0) is 20.7. The number of carbonyl (C=O) groups is 1. The average molecular weight is 446 g/mol. The normalized spacial score (nSPS) is 25.9. The number of aliphatic hydroxyl groups excluding tert-OH is 1. The molecule has 3 aliphatic rings. The molecule has 2 aromatic rings. The van der Waals surface area contributed by atoms with E-state index in [-0.39, 0.29) is 37.0 Å². The minimum absolute atomic E-state index is 0. The molecule has 2 aliphatic carbocycles. The summed E-state index contributed by atoms with van der Waals surface area (Å²) in [4.78, 5) is 19.7. The molecular formula is C23H32ClN5O2. The van der Waals surface area contributed by atoms with Crippen molar-refractivity contribution in [2.24, 2.45) is 23.5 Å². The Hall–Kier alpha value is -1.96. The van der Waals surface area contributed by atoms with E-state index in [9.17, 15) is 9.90 Å². The molecule has 3 N–H and O–H groups in total. The van der Waals surface area contributed by atoms with Gasteiger partial charge in [0, 0.05) is 19.5 Å². The Morgan fingerprint density at radius 1 is 1.16 bits per heavy atom. The van der Waals surface area contributed by atoms with Crippen LogP contribution in [-0.2, 0) is 24.2 Å². The number of rotatable bonds is 7. The van der Waals surface area contributed by atoms with Crippen molar-refractivity contribution >= 4 is 18.3 Å². The Bertz CT molecular complexity index is 887. The van der Waals surface area contributed by atoms with Crippen LogP contribution in [0.3, 0.4) is 0 Å².